The van der Waals surface area contributed by atoms with Crippen LogP contribution in [0.25, 0.3) is 11.4 Å². The van der Waals surface area contributed by atoms with Crippen molar-refractivity contribution in [2.45, 2.75) is 25.3 Å². The average Bonchev–Trinajstić information content (AvgIpc) is 2.96. The summed E-state index contributed by atoms with van der Waals surface area (Å²) in [6, 6.07) is 5.21. The molecule has 0 radical (unpaired) electrons. The molecule has 0 amide bonds. The molecular weight excluding hydrogens is 285 g/mol. The number of hydrogen-bond acceptors (Lipinski definition) is 4. The van der Waals surface area contributed by atoms with Gasteiger partial charge in [0, 0.05) is 15.6 Å². The minimum atomic E-state index is -0.229. The molecule has 0 saturated carbocycles. The van der Waals surface area contributed by atoms with Crippen LogP contribution in [0, 0.1) is 0 Å². The van der Waals surface area contributed by atoms with E-state index in [0.717, 1.165) is 24.9 Å². The molecule has 0 bridgehead atoms. The Morgan fingerprint density at radius 2 is 2.00 bits per heavy atom. The topological polar surface area (TPSA) is 51.0 Å². The first kappa shape index (κ1) is 12.9. The number of aromatic nitrogens is 2. The van der Waals surface area contributed by atoms with E-state index in [4.69, 9.17) is 27.7 Å². The number of rotatable bonds is 2. The van der Waals surface area contributed by atoms with Gasteiger partial charge in [-0.2, -0.15) is 4.98 Å². The third-order valence-corrected chi connectivity index (χ3v) is 3.82. The second-order valence-corrected chi connectivity index (χ2v) is 5.82. The van der Waals surface area contributed by atoms with Gasteiger partial charge in [0.25, 0.3) is 0 Å². The third kappa shape index (κ3) is 2.48. The zero-order valence-corrected chi connectivity index (χ0v) is 11.9. The van der Waals surface area contributed by atoms with E-state index in [1.165, 1.54) is 0 Å². The predicted molar refractivity (Wildman–Crippen MR) is 74.3 cm³/mol. The van der Waals surface area contributed by atoms with E-state index in [9.17, 15) is 0 Å². The quantitative estimate of drug-likeness (QED) is 0.919. The lowest BCUT2D eigenvalue weighted by molar-refractivity contribution is 0.275. The summed E-state index contributed by atoms with van der Waals surface area (Å²) < 4.78 is 5.38. The predicted octanol–water partition coefficient (Wildman–Crippen LogP) is 3.64. The molecule has 100 valence electrons. The van der Waals surface area contributed by atoms with Gasteiger partial charge in [-0.05, 0) is 44.5 Å². The zero-order valence-electron chi connectivity index (χ0n) is 10.4. The van der Waals surface area contributed by atoms with Crippen molar-refractivity contribution in [2.75, 3.05) is 6.54 Å². The number of nitrogens with one attached hydrogen (secondary N) is 1. The van der Waals surface area contributed by atoms with Gasteiger partial charge in [-0.25, -0.2) is 0 Å². The Kier molecular flexibility index (Phi) is 3.25. The molecule has 1 aliphatic rings. The van der Waals surface area contributed by atoms with Gasteiger partial charge in [0.1, 0.15) is 0 Å². The second-order valence-electron chi connectivity index (χ2n) is 4.94. The second kappa shape index (κ2) is 4.78. The summed E-state index contributed by atoms with van der Waals surface area (Å²) in [5.41, 5.74) is 0.530. The molecule has 0 aliphatic carbocycles. The van der Waals surface area contributed by atoms with E-state index in [1.54, 1.807) is 18.2 Å². The van der Waals surface area contributed by atoms with Gasteiger partial charge in [-0.15, -0.1) is 0 Å². The largest absolute Gasteiger partial charge is 0.337 e. The Hall–Kier alpha value is -1.10. The zero-order chi connectivity index (χ0) is 13.5. The molecule has 2 aromatic rings. The monoisotopic (exact) mass is 297 g/mol. The van der Waals surface area contributed by atoms with Crippen molar-refractivity contribution in [1.82, 2.24) is 15.5 Å². The molecule has 1 aromatic carbocycles. The first-order valence-electron chi connectivity index (χ1n) is 6.12. The summed E-state index contributed by atoms with van der Waals surface area (Å²) in [6.07, 6.45) is 2.10. The molecule has 1 atom stereocenters. The fraction of sp³-hybridized carbons (Fsp3) is 0.385. The summed E-state index contributed by atoms with van der Waals surface area (Å²) >= 11 is 12.0. The average molecular weight is 298 g/mol. The molecule has 19 heavy (non-hydrogen) atoms. The molecule has 1 N–H and O–H groups in total. The first-order chi connectivity index (χ1) is 9.07. The lowest BCUT2D eigenvalue weighted by Gasteiger charge is -2.18. The minimum absolute atomic E-state index is 0.229. The highest BCUT2D eigenvalue weighted by atomic mass is 35.5. The maximum absolute atomic E-state index is 5.98. The smallest absolute Gasteiger partial charge is 0.246 e. The number of nitrogens with zero attached hydrogens (tertiary/aromatic N) is 2. The van der Waals surface area contributed by atoms with Gasteiger partial charge >= 0.3 is 0 Å². The van der Waals surface area contributed by atoms with Crippen molar-refractivity contribution in [2.24, 2.45) is 0 Å². The Morgan fingerprint density at radius 3 is 2.63 bits per heavy atom. The summed E-state index contributed by atoms with van der Waals surface area (Å²) in [6.45, 7) is 3.04. The molecular formula is C13H13Cl2N3O. The SMILES string of the molecule is CC1(c2nc(-c3cc(Cl)cc(Cl)c3)no2)CCCN1. The van der Waals surface area contributed by atoms with Crippen LogP contribution in [-0.2, 0) is 5.54 Å². The molecule has 1 aliphatic heterocycles. The number of hydrogen-bond donors (Lipinski definition) is 1. The fourth-order valence-electron chi connectivity index (χ4n) is 2.32. The molecule has 1 fully saturated rings. The Labute approximate surface area is 121 Å². The highest BCUT2D eigenvalue weighted by molar-refractivity contribution is 6.35. The summed E-state index contributed by atoms with van der Waals surface area (Å²) in [4.78, 5) is 4.46. The fourth-order valence-corrected chi connectivity index (χ4v) is 2.85. The highest BCUT2D eigenvalue weighted by Gasteiger charge is 2.35. The Morgan fingerprint density at radius 1 is 1.26 bits per heavy atom. The molecule has 4 nitrogen and oxygen atoms in total. The lowest BCUT2D eigenvalue weighted by atomic mass is 10.0. The van der Waals surface area contributed by atoms with Gasteiger partial charge in [-0.3, -0.25) is 0 Å². The lowest BCUT2D eigenvalue weighted by Crippen LogP contribution is -2.33. The van der Waals surface area contributed by atoms with Crippen LogP contribution in [0.15, 0.2) is 22.7 Å². The Balaban J connectivity index is 1.96. The van der Waals surface area contributed by atoms with Crippen molar-refractivity contribution >= 4 is 23.2 Å². The molecule has 1 unspecified atom stereocenters. The maximum Gasteiger partial charge on any atom is 0.246 e. The molecule has 1 aromatic heterocycles. The minimum Gasteiger partial charge on any atom is -0.337 e. The summed E-state index contributed by atoms with van der Waals surface area (Å²) in [5, 5.41) is 8.51. The highest BCUT2D eigenvalue weighted by Crippen LogP contribution is 2.31. The van der Waals surface area contributed by atoms with Crippen molar-refractivity contribution in [1.29, 1.82) is 0 Å². The van der Waals surface area contributed by atoms with E-state index >= 15 is 0 Å². The molecule has 2 heterocycles. The third-order valence-electron chi connectivity index (χ3n) is 3.39. The van der Waals surface area contributed by atoms with Crippen molar-refractivity contribution < 1.29 is 4.52 Å². The van der Waals surface area contributed by atoms with Crippen LogP contribution in [0.4, 0.5) is 0 Å². The van der Waals surface area contributed by atoms with E-state index in [1.807, 2.05) is 0 Å². The molecule has 6 heteroatoms. The van der Waals surface area contributed by atoms with E-state index in [2.05, 4.69) is 22.4 Å². The van der Waals surface area contributed by atoms with Gasteiger partial charge in [0.05, 0.1) is 5.54 Å². The van der Waals surface area contributed by atoms with Crippen molar-refractivity contribution in [3.8, 4) is 11.4 Å². The van der Waals surface area contributed by atoms with Crippen LogP contribution in [0.1, 0.15) is 25.7 Å². The van der Waals surface area contributed by atoms with Crippen LogP contribution < -0.4 is 5.32 Å². The van der Waals surface area contributed by atoms with Crippen LogP contribution in [0.3, 0.4) is 0 Å². The van der Waals surface area contributed by atoms with Gasteiger partial charge in [0.15, 0.2) is 0 Å². The molecule has 3 rings (SSSR count). The van der Waals surface area contributed by atoms with Crippen LogP contribution in [0.5, 0.6) is 0 Å². The van der Waals surface area contributed by atoms with Crippen molar-refractivity contribution in [3.63, 3.8) is 0 Å². The summed E-state index contributed by atoms with van der Waals surface area (Å²) in [5.74, 6) is 1.12. The van der Waals surface area contributed by atoms with Gasteiger partial charge < -0.3 is 9.84 Å². The van der Waals surface area contributed by atoms with Crippen LogP contribution in [-0.4, -0.2) is 16.7 Å². The standard InChI is InChI=1S/C13H13Cl2N3O/c1-13(3-2-4-16-13)12-17-11(18-19-12)8-5-9(14)7-10(15)6-8/h5-7,16H,2-4H2,1H3. The normalized spacial score (nSPS) is 22.9. The van der Waals surface area contributed by atoms with E-state index < -0.39 is 0 Å². The van der Waals surface area contributed by atoms with E-state index in [0.29, 0.717) is 21.8 Å². The molecule has 1 saturated heterocycles. The van der Waals surface area contributed by atoms with Gasteiger partial charge in [0.2, 0.25) is 11.7 Å². The maximum atomic E-state index is 5.98. The number of benzene rings is 1. The number of halogens is 2. The van der Waals surface area contributed by atoms with E-state index in [-0.39, 0.29) is 5.54 Å². The van der Waals surface area contributed by atoms with Gasteiger partial charge in [-0.1, -0.05) is 28.4 Å². The van der Waals surface area contributed by atoms with Crippen molar-refractivity contribution in [3.05, 3.63) is 34.1 Å². The molecule has 0 spiro atoms. The van der Waals surface area contributed by atoms with Crippen LogP contribution >= 0.6 is 23.2 Å². The summed E-state index contributed by atoms with van der Waals surface area (Å²) in [7, 11) is 0. The van der Waals surface area contributed by atoms with Crippen LogP contribution in [0.2, 0.25) is 10.0 Å². The first-order valence-corrected chi connectivity index (χ1v) is 6.88. The Bertz CT molecular complexity index is 585.